The molecule has 0 radical (unpaired) electrons. The Labute approximate surface area is 130 Å². The molecule has 0 aliphatic rings. The number of nitrogens with zero attached hydrogens (tertiary/aromatic N) is 1. The summed E-state index contributed by atoms with van der Waals surface area (Å²) in [5, 5.41) is 0.323. The molecule has 23 heavy (non-hydrogen) atoms. The Kier molecular flexibility index (Phi) is 4.14. The summed E-state index contributed by atoms with van der Waals surface area (Å²) in [6.45, 7) is 0.102. The van der Waals surface area contributed by atoms with Crippen LogP contribution < -0.4 is 5.63 Å². The van der Waals surface area contributed by atoms with E-state index in [4.69, 9.17) is 9.15 Å². The monoisotopic (exact) mass is 313 g/mol. The molecule has 2 heterocycles. The second-order valence-electron chi connectivity index (χ2n) is 4.88. The molecule has 2 aromatic heterocycles. The van der Waals surface area contributed by atoms with Gasteiger partial charge in [-0.05, 0) is 35.9 Å². The van der Waals surface area contributed by atoms with E-state index in [-0.39, 0.29) is 17.8 Å². The third-order valence-electron chi connectivity index (χ3n) is 3.26. The summed E-state index contributed by atoms with van der Waals surface area (Å²) < 4.78 is 23.3. The van der Waals surface area contributed by atoms with Crippen molar-refractivity contribution in [3.63, 3.8) is 0 Å². The van der Waals surface area contributed by atoms with E-state index in [0.717, 1.165) is 5.56 Å². The maximum atomic E-state index is 13.2. The summed E-state index contributed by atoms with van der Waals surface area (Å²) >= 11 is 0. The number of esters is 1. The molecule has 0 saturated carbocycles. The van der Waals surface area contributed by atoms with E-state index >= 15 is 0 Å². The number of carbonyl (C=O) groups excluding carboxylic acids is 1. The van der Waals surface area contributed by atoms with Crippen LogP contribution in [0.2, 0.25) is 0 Å². The maximum absolute atomic E-state index is 13.2. The average molecular weight is 313 g/mol. The topological polar surface area (TPSA) is 69.4 Å². The van der Waals surface area contributed by atoms with Gasteiger partial charge in [-0.3, -0.25) is 4.98 Å². The summed E-state index contributed by atoms with van der Waals surface area (Å²) in [6.07, 6.45) is 3.79. The van der Waals surface area contributed by atoms with E-state index in [0.29, 0.717) is 11.8 Å². The molecule has 0 aliphatic carbocycles. The molecule has 0 spiro atoms. The van der Waals surface area contributed by atoms with Gasteiger partial charge in [-0.2, -0.15) is 0 Å². The Morgan fingerprint density at radius 2 is 2.13 bits per heavy atom. The molecule has 5 nitrogen and oxygen atoms in total. The fourth-order valence-corrected chi connectivity index (χ4v) is 2.12. The van der Waals surface area contributed by atoms with Crippen LogP contribution in [-0.4, -0.2) is 17.6 Å². The SMILES string of the molecule is O=C(OCCc1cccnc1)c1cc2cc(F)ccc2oc1=O. The van der Waals surface area contributed by atoms with Crippen molar-refractivity contribution in [3.8, 4) is 0 Å². The van der Waals surface area contributed by atoms with Crippen LogP contribution in [0.5, 0.6) is 0 Å². The van der Waals surface area contributed by atoms with Gasteiger partial charge >= 0.3 is 11.6 Å². The van der Waals surface area contributed by atoms with Crippen LogP contribution in [0.25, 0.3) is 11.0 Å². The van der Waals surface area contributed by atoms with Gasteiger partial charge in [0.1, 0.15) is 17.0 Å². The van der Waals surface area contributed by atoms with Gasteiger partial charge in [-0.1, -0.05) is 6.07 Å². The molecule has 0 bridgehead atoms. The fourth-order valence-electron chi connectivity index (χ4n) is 2.12. The minimum Gasteiger partial charge on any atom is -0.462 e. The summed E-state index contributed by atoms with van der Waals surface area (Å²) in [5.41, 5.74) is 0.0565. The first-order chi connectivity index (χ1) is 11.1. The van der Waals surface area contributed by atoms with Gasteiger partial charge in [0.2, 0.25) is 0 Å². The number of aromatic nitrogens is 1. The van der Waals surface area contributed by atoms with Crippen molar-refractivity contribution in [2.45, 2.75) is 6.42 Å². The molecule has 116 valence electrons. The number of fused-ring (bicyclic) bond motifs is 1. The molecule has 1 aromatic carbocycles. The van der Waals surface area contributed by atoms with Crippen LogP contribution in [0.1, 0.15) is 15.9 Å². The van der Waals surface area contributed by atoms with E-state index in [1.54, 1.807) is 18.5 Å². The number of ether oxygens (including phenoxy) is 1. The Balaban J connectivity index is 1.75. The molecule has 0 N–H and O–H groups in total. The standard InChI is InChI=1S/C17H12FNO4/c18-13-3-4-15-12(8-13)9-14(17(21)23-15)16(20)22-7-5-11-2-1-6-19-10-11/h1-4,6,8-10H,5,7H2. The third-order valence-corrected chi connectivity index (χ3v) is 3.26. The van der Waals surface area contributed by atoms with E-state index < -0.39 is 17.4 Å². The second-order valence-corrected chi connectivity index (χ2v) is 4.88. The van der Waals surface area contributed by atoms with E-state index in [9.17, 15) is 14.0 Å². The van der Waals surface area contributed by atoms with E-state index in [2.05, 4.69) is 4.98 Å². The quantitative estimate of drug-likeness (QED) is 0.547. The molecule has 6 heteroatoms. The Morgan fingerprint density at radius 1 is 1.26 bits per heavy atom. The smallest absolute Gasteiger partial charge is 0.351 e. The Hall–Kier alpha value is -3.02. The highest BCUT2D eigenvalue weighted by molar-refractivity contribution is 5.92. The van der Waals surface area contributed by atoms with Gasteiger partial charge in [0.15, 0.2) is 0 Å². The van der Waals surface area contributed by atoms with Crippen molar-refractivity contribution in [2.24, 2.45) is 0 Å². The molecule has 0 amide bonds. The van der Waals surface area contributed by atoms with Gasteiger partial charge in [0.25, 0.3) is 0 Å². The molecule has 3 rings (SSSR count). The van der Waals surface area contributed by atoms with Crippen molar-refractivity contribution in [2.75, 3.05) is 6.61 Å². The molecular weight excluding hydrogens is 301 g/mol. The first-order valence-electron chi connectivity index (χ1n) is 6.93. The Bertz CT molecular complexity index is 905. The maximum Gasteiger partial charge on any atom is 0.351 e. The fraction of sp³-hybridized carbons (Fsp3) is 0.118. The van der Waals surface area contributed by atoms with Gasteiger partial charge in [-0.15, -0.1) is 0 Å². The summed E-state index contributed by atoms with van der Waals surface area (Å²) in [6, 6.07) is 8.61. The number of hydrogen-bond donors (Lipinski definition) is 0. The third kappa shape index (κ3) is 3.42. The number of hydrogen-bond acceptors (Lipinski definition) is 5. The highest BCUT2D eigenvalue weighted by Crippen LogP contribution is 2.15. The first-order valence-corrected chi connectivity index (χ1v) is 6.93. The highest BCUT2D eigenvalue weighted by atomic mass is 19.1. The predicted molar refractivity (Wildman–Crippen MR) is 80.7 cm³/mol. The first kappa shape index (κ1) is 14.9. The molecule has 0 atom stereocenters. The van der Waals surface area contributed by atoms with Crippen molar-refractivity contribution in [3.05, 3.63) is 76.2 Å². The lowest BCUT2D eigenvalue weighted by Crippen LogP contribution is -2.17. The zero-order chi connectivity index (χ0) is 16.2. The number of halogens is 1. The second kappa shape index (κ2) is 6.39. The molecule has 3 aromatic rings. The Morgan fingerprint density at radius 3 is 2.91 bits per heavy atom. The summed E-state index contributed by atoms with van der Waals surface area (Å²) in [7, 11) is 0. The summed E-state index contributed by atoms with van der Waals surface area (Å²) in [4.78, 5) is 27.8. The summed E-state index contributed by atoms with van der Waals surface area (Å²) in [5.74, 6) is -1.28. The van der Waals surface area contributed by atoms with Gasteiger partial charge in [-0.25, -0.2) is 14.0 Å². The van der Waals surface area contributed by atoms with Crippen LogP contribution >= 0.6 is 0 Å². The number of pyridine rings is 1. The molecule has 0 fully saturated rings. The molecule has 0 saturated heterocycles. The predicted octanol–water partition coefficient (Wildman–Crippen LogP) is 2.73. The highest BCUT2D eigenvalue weighted by Gasteiger charge is 2.15. The molecular formula is C17H12FNO4. The number of benzene rings is 1. The van der Waals surface area contributed by atoms with Crippen molar-refractivity contribution in [1.82, 2.24) is 4.98 Å². The minimum absolute atomic E-state index is 0.102. The van der Waals surface area contributed by atoms with E-state index in [1.807, 2.05) is 6.07 Å². The van der Waals surface area contributed by atoms with Crippen molar-refractivity contribution >= 4 is 16.9 Å². The molecule has 0 aliphatic heterocycles. The van der Waals surface area contributed by atoms with Gasteiger partial charge in [0, 0.05) is 24.2 Å². The average Bonchev–Trinajstić information content (AvgIpc) is 2.55. The van der Waals surface area contributed by atoms with Crippen molar-refractivity contribution in [1.29, 1.82) is 0 Å². The van der Waals surface area contributed by atoms with Crippen LogP contribution in [0.4, 0.5) is 4.39 Å². The lowest BCUT2D eigenvalue weighted by molar-refractivity contribution is 0.0504. The normalized spacial score (nSPS) is 10.7. The zero-order valence-electron chi connectivity index (χ0n) is 12.0. The lowest BCUT2D eigenvalue weighted by atomic mass is 10.2. The lowest BCUT2D eigenvalue weighted by Gasteiger charge is -2.05. The number of carbonyl (C=O) groups is 1. The van der Waals surface area contributed by atoms with Crippen LogP contribution in [-0.2, 0) is 11.2 Å². The van der Waals surface area contributed by atoms with Crippen molar-refractivity contribution < 1.29 is 18.3 Å². The number of rotatable bonds is 4. The van der Waals surface area contributed by atoms with Crippen LogP contribution in [0, 0.1) is 5.82 Å². The largest absolute Gasteiger partial charge is 0.462 e. The van der Waals surface area contributed by atoms with Crippen LogP contribution in [0.15, 0.2) is 58.0 Å². The van der Waals surface area contributed by atoms with Crippen LogP contribution in [0.3, 0.4) is 0 Å². The minimum atomic E-state index is -0.810. The van der Waals surface area contributed by atoms with E-state index in [1.165, 1.54) is 24.3 Å². The molecule has 0 unspecified atom stereocenters. The zero-order valence-corrected chi connectivity index (χ0v) is 12.0. The van der Waals surface area contributed by atoms with Gasteiger partial charge < -0.3 is 9.15 Å². The van der Waals surface area contributed by atoms with Gasteiger partial charge in [0.05, 0.1) is 6.61 Å².